The van der Waals surface area contributed by atoms with Crippen LogP contribution in [0, 0.1) is 0 Å². The van der Waals surface area contributed by atoms with Gasteiger partial charge in [0.05, 0.1) is 18.3 Å². The molecule has 1 unspecified atom stereocenters. The minimum atomic E-state index is 0.00202. The molecule has 0 N–H and O–H groups in total. The Balaban J connectivity index is 1.37. The lowest BCUT2D eigenvalue weighted by Crippen LogP contribution is -2.37. The number of anilines is 1. The molecule has 0 spiro atoms. The molecule has 2 saturated carbocycles. The minimum absolute atomic E-state index is 0.00202. The Bertz CT molecular complexity index is 807. The van der Waals surface area contributed by atoms with Gasteiger partial charge in [0, 0.05) is 24.4 Å². The summed E-state index contributed by atoms with van der Waals surface area (Å²) in [6.07, 6.45) is 7.14. The van der Waals surface area contributed by atoms with E-state index in [2.05, 4.69) is 20.2 Å². The average Bonchev–Trinajstić information content (AvgIpc) is 3.51. The average molecular weight is 343 g/mol. The topological polar surface area (TPSA) is 63.9 Å². The molecule has 0 bridgehead atoms. The first kappa shape index (κ1) is 14.6. The van der Waals surface area contributed by atoms with Gasteiger partial charge in [0.2, 0.25) is 5.13 Å². The molecule has 3 aliphatic rings. The van der Waals surface area contributed by atoms with Crippen molar-refractivity contribution < 1.29 is 0 Å². The van der Waals surface area contributed by atoms with Crippen LogP contribution in [0.4, 0.5) is 5.13 Å². The monoisotopic (exact) mass is 343 g/mol. The molecule has 2 aromatic heterocycles. The zero-order chi connectivity index (χ0) is 16.1. The van der Waals surface area contributed by atoms with E-state index in [1.807, 2.05) is 6.07 Å². The molecule has 6 nitrogen and oxygen atoms in total. The van der Waals surface area contributed by atoms with E-state index in [1.54, 1.807) is 22.1 Å². The van der Waals surface area contributed by atoms with Crippen LogP contribution in [-0.2, 0) is 6.54 Å². The van der Waals surface area contributed by atoms with Crippen molar-refractivity contribution in [3.63, 3.8) is 0 Å². The second kappa shape index (κ2) is 5.65. The summed E-state index contributed by atoms with van der Waals surface area (Å²) in [7, 11) is 0. The SMILES string of the molecule is O=c1ccc(C2CC2)nn1CC1CCCN1c1nnc(C2CC2)s1. The van der Waals surface area contributed by atoms with E-state index in [-0.39, 0.29) is 5.56 Å². The van der Waals surface area contributed by atoms with Crippen molar-refractivity contribution in [3.8, 4) is 0 Å². The van der Waals surface area contributed by atoms with Crippen LogP contribution >= 0.6 is 11.3 Å². The lowest BCUT2D eigenvalue weighted by atomic mass is 10.2. The number of nitrogens with zero attached hydrogens (tertiary/aromatic N) is 5. The Morgan fingerprint density at radius 3 is 2.71 bits per heavy atom. The molecule has 3 fully saturated rings. The summed E-state index contributed by atoms with van der Waals surface area (Å²) in [5.41, 5.74) is 1.08. The summed E-state index contributed by atoms with van der Waals surface area (Å²) in [4.78, 5) is 14.5. The molecule has 24 heavy (non-hydrogen) atoms. The molecule has 0 aromatic carbocycles. The summed E-state index contributed by atoms with van der Waals surface area (Å²) in [6.45, 7) is 1.65. The molecule has 1 atom stereocenters. The molecule has 0 amide bonds. The first-order chi connectivity index (χ1) is 11.8. The highest BCUT2D eigenvalue weighted by molar-refractivity contribution is 7.15. The van der Waals surface area contributed by atoms with E-state index >= 15 is 0 Å². The van der Waals surface area contributed by atoms with Gasteiger partial charge in [0.15, 0.2) is 0 Å². The Hall–Kier alpha value is -1.76. The van der Waals surface area contributed by atoms with E-state index in [4.69, 9.17) is 0 Å². The third-order valence-corrected chi connectivity index (χ3v) is 6.37. The summed E-state index contributed by atoms with van der Waals surface area (Å²) in [6, 6.07) is 3.87. The Labute approximate surface area is 144 Å². The fraction of sp³-hybridized carbons (Fsp3) is 0.647. The van der Waals surface area contributed by atoms with Crippen LogP contribution in [0.1, 0.15) is 61.1 Å². The van der Waals surface area contributed by atoms with Crippen LogP contribution in [0.2, 0.25) is 0 Å². The number of aromatic nitrogens is 4. The maximum Gasteiger partial charge on any atom is 0.266 e. The van der Waals surface area contributed by atoms with Crippen LogP contribution in [-0.4, -0.2) is 32.6 Å². The van der Waals surface area contributed by atoms with E-state index in [9.17, 15) is 4.79 Å². The fourth-order valence-electron chi connectivity index (χ4n) is 3.51. The van der Waals surface area contributed by atoms with Crippen LogP contribution in [0.3, 0.4) is 0 Å². The van der Waals surface area contributed by atoms with Crippen LogP contribution in [0.15, 0.2) is 16.9 Å². The first-order valence-corrected chi connectivity index (χ1v) is 9.78. The van der Waals surface area contributed by atoms with Gasteiger partial charge in [-0.1, -0.05) is 11.3 Å². The highest BCUT2D eigenvalue weighted by Gasteiger charge is 2.32. The molecule has 3 heterocycles. The standard InChI is InChI=1S/C17H21N5OS/c23-15-8-7-14(11-3-4-11)20-22(15)10-13-2-1-9-21(13)17-19-18-16(24-17)12-5-6-12/h7-8,11-13H,1-6,9-10H2. The first-order valence-electron chi connectivity index (χ1n) is 8.96. The summed E-state index contributed by atoms with van der Waals surface area (Å²) < 4.78 is 1.67. The normalized spacial score (nSPS) is 23.8. The highest BCUT2D eigenvalue weighted by atomic mass is 32.1. The molecular weight excluding hydrogens is 322 g/mol. The van der Waals surface area contributed by atoms with Gasteiger partial charge in [0.1, 0.15) is 5.01 Å². The zero-order valence-corrected chi connectivity index (χ0v) is 14.4. The summed E-state index contributed by atoms with van der Waals surface area (Å²) in [5, 5.41) is 15.6. The summed E-state index contributed by atoms with van der Waals surface area (Å²) in [5.74, 6) is 1.22. The van der Waals surface area contributed by atoms with Crippen LogP contribution in [0.25, 0.3) is 0 Å². The lowest BCUT2D eigenvalue weighted by Gasteiger charge is -2.23. The molecule has 1 aliphatic heterocycles. The van der Waals surface area contributed by atoms with Gasteiger partial charge in [0.25, 0.3) is 5.56 Å². The summed E-state index contributed by atoms with van der Waals surface area (Å²) >= 11 is 1.73. The molecule has 2 aromatic rings. The molecular formula is C17H21N5OS. The van der Waals surface area contributed by atoms with E-state index < -0.39 is 0 Å². The van der Waals surface area contributed by atoms with Crippen molar-refractivity contribution >= 4 is 16.5 Å². The molecule has 1 saturated heterocycles. The van der Waals surface area contributed by atoms with Crippen molar-refractivity contribution in [2.45, 2.75) is 62.9 Å². The van der Waals surface area contributed by atoms with Crippen molar-refractivity contribution in [2.75, 3.05) is 11.4 Å². The largest absolute Gasteiger partial charge is 0.342 e. The Morgan fingerprint density at radius 2 is 1.92 bits per heavy atom. The smallest absolute Gasteiger partial charge is 0.266 e. The van der Waals surface area contributed by atoms with Crippen molar-refractivity contribution in [1.29, 1.82) is 0 Å². The quantitative estimate of drug-likeness (QED) is 0.835. The predicted octanol–water partition coefficient (Wildman–Crippen LogP) is 2.52. The fourth-order valence-corrected chi connectivity index (χ4v) is 4.62. The van der Waals surface area contributed by atoms with Gasteiger partial charge in [-0.3, -0.25) is 4.79 Å². The third-order valence-electron chi connectivity index (χ3n) is 5.25. The van der Waals surface area contributed by atoms with E-state index in [0.717, 1.165) is 30.2 Å². The minimum Gasteiger partial charge on any atom is -0.342 e. The second-order valence-electron chi connectivity index (χ2n) is 7.24. The molecule has 2 aliphatic carbocycles. The van der Waals surface area contributed by atoms with Gasteiger partial charge in [-0.2, -0.15) is 5.10 Å². The van der Waals surface area contributed by atoms with Crippen molar-refractivity contribution in [2.24, 2.45) is 0 Å². The van der Waals surface area contributed by atoms with Gasteiger partial charge in [-0.05, 0) is 44.6 Å². The van der Waals surface area contributed by atoms with E-state index in [0.29, 0.717) is 24.4 Å². The Morgan fingerprint density at radius 1 is 1.08 bits per heavy atom. The third kappa shape index (κ3) is 2.75. The van der Waals surface area contributed by atoms with Gasteiger partial charge in [-0.15, -0.1) is 10.2 Å². The highest BCUT2D eigenvalue weighted by Crippen LogP contribution is 2.43. The number of hydrogen-bond donors (Lipinski definition) is 0. The Kier molecular flexibility index (Phi) is 3.43. The second-order valence-corrected chi connectivity index (χ2v) is 8.23. The van der Waals surface area contributed by atoms with Crippen molar-refractivity contribution in [3.05, 3.63) is 33.2 Å². The van der Waals surface area contributed by atoms with Crippen LogP contribution in [0.5, 0.6) is 0 Å². The predicted molar refractivity (Wildman–Crippen MR) is 92.7 cm³/mol. The van der Waals surface area contributed by atoms with Gasteiger partial charge >= 0.3 is 0 Å². The maximum absolute atomic E-state index is 12.2. The molecule has 126 valence electrons. The molecule has 7 heteroatoms. The van der Waals surface area contributed by atoms with Gasteiger partial charge < -0.3 is 4.90 Å². The number of hydrogen-bond acceptors (Lipinski definition) is 6. The van der Waals surface area contributed by atoms with E-state index in [1.165, 1.54) is 30.7 Å². The zero-order valence-electron chi connectivity index (χ0n) is 13.6. The number of rotatable bonds is 5. The van der Waals surface area contributed by atoms with Gasteiger partial charge in [-0.25, -0.2) is 4.68 Å². The van der Waals surface area contributed by atoms with Crippen LogP contribution < -0.4 is 10.5 Å². The van der Waals surface area contributed by atoms with Crippen molar-refractivity contribution in [1.82, 2.24) is 20.0 Å². The molecule has 5 rings (SSSR count). The maximum atomic E-state index is 12.2. The molecule has 0 radical (unpaired) electrons. The lowest BCUT2D eigenvalue weighted by molar-refractivity contribution is 0.481.